The van der Waals surface area contributed by atoms with Gasteiger partial charge in [-0.15, -0.1) is 0 Å². The number of nitrogens with zero attached hydrogens (tertiary/aromatic N) is 4. The van der Waals surface area contributed by atoms with E-state index in [0.29, 0.717) is 5.95 Å². The molecular weight excluding hydrogens is 305 g/mol. The third kappa shape index (κ3) is 3.15. The molecule has 1 N–H and O–H groups in total. The van der Waals surface area contributed by atoms with Crippen LogP contribution in [-0.2, 0) is 6.54 Å². The van der Waals surface area contributed by atoms with Gasteiger partial charge in [0.15, 0.2) is 0 Å². The minimum absolute atomic E-state index is 0.663. The minimum atomic E-state index is 0.663. The molecule has 2 aromatic heterocycles. The molecular formula is C9H10IN5. The van der Waals surface area contributed by atoms with E-state index in [9.17, 15) is 0 Å². The summed E-state index contributed by atoms with van der Waals surface area (Å²) in [6.45, 7) is 1.65. The number of halogens is 1. The molecule has 0 radical (unpaired) electrons. The second-order valence-electron chi connectivity index (χ2n) is 2.95. The summed E-state index contributed by atoms with van der Waals surface area (Å²) in [5, 5.41) is 3.14. The molecule has 15 heavy (non-hydrogen) atoms. The van der Waals surface area contributed by atoms with E-state index in [1.807, 2.05) is 10.8 Å². The highest BCUT2D eigenvalue weighted by Crippen LogP contribution is 2.02. The van der Waals surface area contributed by atoms with Gasteiger partial charge in [-0.1, -0.05) is 0 Å². The van der Waals surface area contributed by atoms with Gasteiger partial charge in [0.1, 0.15) is 0 Å². The van der Waals surface area contributed by atoms with Gasteiger partial charge in [-0.3, -0.25) is 0 Å². The van der Waals surface area contributed by atoms with Crippen molar-refractivity contribution in [1.82, 2.24) is 19.5 Å². The van der Waals surface area contributed by atoms with Gasteiger partial charge in [-0.05, 0) is 22.6 Å². The lowest BCUT2D eigenvalue weighted by atomic mass is 10.6. The third-order valence-corrected chi connectivity index (χ3v) is 2.39. The molecule has 5 nitrogen and oxygen atoms in total. The molecule has 2 heterocycles. The molecule has 0 atom stereocenters. The summed E-state index contributed by atoms with van der Waals surface area (Å²) in [4.78, 5) is 12.2. The Morgan fingerprint density at radius 3 is 2.80 bits per heavy atom. The molecule has 6 heteroatoms. The summed E-state index contributed by atoms with van der Waals surface area (Å²) in [6, 6.07) is 0. The molecule has 0 spiro atoms. The van der Waals surface area contributed by atoms with Crippen LogP contribution in [0, 0.1) is 3.57 Å². The molecule has 0 aliphatic heterocycles. The van der Waals surface area contributed by atoms with Crippen molar-refractivity contribution in [2.45, 2.75) is 6.54 Å². The van der Waals surface area contributed by atoms with Gasteiger partial charge in [-0.25, -0.2) is 15.0 Å². The zero-order valence-electron chi connectivity index (χ0n) is 7.97. The first-order valence-electron chi connectivity index (χ1n) is 4.52. The second-order valence-corrected chi connectivity index (χ2v) is 4.20. The Kier molecular flexibility index (Phi) is 3.49. The van der Waals surface area contributed by atoms with Crippen molar-refractivity contribution in [2.24, 2.45) is 0 Å². The highest BCUT2D eigenvalue weighted by molar-refractivity contribution is 14.1. The van der Waals surface area contributed by atoms with Crippen molar-refractivity contribution in [3.63, 3.8) is 0 Å². The molecule has 0 unspecified atom stereocenters. The zero-order valence-corrected chi connectivity index (χ0v) is 10.1. The highest BCUT2D eigenvalue weighted by Gasteiger charge is 1.94. The smallest absolute Gasteiger partial charge is 0.222 e. The van der Waals surface area contributed by atoms with Crippen LogP contribution in [0.25, 0.3) is 0 Å². The summed E-state index contributed by atoms with van der Waals surface area (Å²) in [5.74, 6) is 0.663. The highest BCUT2D eigenvalue weighted by atomic mass is 127. The van der Waals surface area contributed by atoms with Gasteiger partial charge in [0.25, 0.3) is 0 Å². The molecule has 78 valence electrons. The van der Waals surface area contributed by atoms with E-state index in [2.05, 4.69) is 42.9 Å². The van der Waals surface area contributed by atoms with E-state index in [0.717, 1.165) is 16.7 Å². The fourth-order valence-electron chi connectivity index (χ4n) is 1.12. The van der Waals surface area contributed by atoms with Gasteiger partial charge < -0.3 is 9.88 Å². The van der Waals surface area contributed by atoms with Crippen LogP contribution in [0.5, 0.6) is 0 Å². The Hall–Kier alpha value is -1.18. The molecule has 2 rings (SSSR count). The topological polar surface area (TPSA) is 55.6 Å². The lowest BCUT2D eigenvalue weighted by Crippen LogP contribution is -2.11. The summed E-state index contributed by atoms with van der Waals surface area (Å²) >= 11 is 2.18. The van der Waals surface area contributed by atoms with Crippen molar-refractivity contribution in [1.29, 1.82) is 0 Å². The fourth-order valence-corrected chi connectivity index (χ4v) is 1.40. The maximum atomic E-state index is 4.14. The molecule has 0 amide bonds. The van der Waals surface area contributed by atoms with Crippen molar-refractivity contribution in [3.8, 4) is 0 Å². The monoisotopic (exact) mass is 315 g/mol. The molecule has 0 saturated carbocycles. The minimum Gasteiger partial charge on any atom is -0.352 e. The Morgan fingerprint density at radius 2 is 2.13 bits per heavy atom. The Morgan fingerprint density at radius 1 is 1.33 bits per heavy atom. The standard InChI is InChI=1S/C9H10IN5/c10-8-5-13-9(14-6-8)12-2-4-15-3-1-11-7-15/h1,3,5-7H,2,4H2,(H,12,13,14). The van der Waals surface area contributed by atoms with Crippen LogP contribution in [0.3, 0.4) is 0 Å². The van der Waals surface area contributed by atoms with Gasteiger partial charge in [-0.2, -0.15) is 0 Å². The molecule has 0 aromatic carbocycles. The molecule has 2 aromatic rings. The number of rotatable bonds is 4. The van der Waals surface area contributed by atoms with Crippen LogP contribution < -0.4 is 5.32 Å². The Balaban J connectivity index is 1.81. The van der Waals surface area contributed by atoms with Crippen LogP contribution in [-0.4, -0.2) is 26.1 Å². The van der Waals surface area contributed by atoms with Crippen LogP contribution in [0.1, 0.15) is 0 Å². The number of aromatic nitrogens is 4. The van der Waals surface area contributed by atoms with E-state index in [1.54, 1.807) is 24.9 Å². The predicted molar refractivity (Wildman–Crippen MR) is 65.5 cm³/mol. The lowest BCUT2D eigenvalue weighted by Gasteiger charge is -2.04. The van der Waals surface area contributed by atoms with Gasteiger partial charge in [0, 0.05) is 41.4 Å². The summed E-state index contributed by atoms with van der Waals surface area (Å²) in [5.41, 5.74) is 0. The molecule has 0 aliphatic carbocycles. The predicted octanol–water partition coefficient (Wildman–Crippen LogP) is 1.39. The van der Waals surface area contributed by atoms with Crippen molar-refractivity contribution in [2.75, 3.05) is 11.9 Å². The zero-order chi connectivity index (χ0) is 10.5. The fraction of sp³-hybridized carbons (Fsp3) is 0.222. The largest absolute Gasteiger partial charge is 0.352 e. The van der Waals surface area contributed by atoms with Crippen LogP contribution >= 0.6 is 22.6 Å². The summed E-state index contributed by atoms with van der Waals surface area (Å²) < 4.78 is 3.03. The SMILES string of the molecule is Ic1cnc(NCCn2ccnc2)nc1. The number of hydrogen-bond acceptors (Lipinski definition) is 4. The summed E-state index contributed by atoms with van der Waals surface area (Å²) in [7, 11) is 0. The lowest BCUT2D eigenvalue weighted by molar-refractivity contribution is 0.723. The number of anilines is 1. The summed E-state index contributed by atoms with van der Waals surface area (Å²) in [6.07, 6.45) is 9.05. The Bertz CT molecular complexity index is 397. The van der Waals surface area contributed by atoms with Crippen LogP contribution in [0.15, 0.2) is 31.1 Å². The first-order valence-corrected chi connectivity index (χ1v) is 5.59. The average Bonchev–Trinajstić information content (AvgIpc) is 2.74. The maximum absolute atomic E-state index is 4.14. The quantitative estimate of drug-likeness (QED) is 0.867. The van der Waals surface area contributed by atoms with Crippen LogP contribution in [0.2, 0.25) is 0 Å². The number of hydrogen-bond donors (Lipinski definition) is 1. The van der Waals surface area contributed by atoms with Gasteiger partial charge in [0.2, 0.25) is 5.95 Å². The number of nitrogens with one attached hydrogen (secondary N) is 1. The number of imidazole rings is 1. The first kappa shape index (κ1) is 10.3. The van der Waals surface area contributed by atoms with Gasteiger partial charge >= 0.3 is 0 Å². The molecule has 0 fully saturated rings. The maximum Gasteiger partial charge on any atom is 0.222 e. The van der Waals surface area contributed by atoms with Gasteiger partial charge in [0.05, 0.1) is 6.33 Å². The normalized spacial score (nSPS) is 10.2. The molecule has 0 saturated heterocycles. The third-order valence-electron chi connectivity index (χ3n) is 1.83. The molecule has 0 aliphatic rings. The van der Waals surface area contributed by atoms with E-state index < -0.39 is 0 Å². The van der Waals surface area contributed by atoms with Crippen molar-refractivity contribution < 1.29 is 0 Å². The van der Waals surface area contributed by atoms with E-state index in [4.69, 9.17) is 0 Å². The first-order chi connectivity index (χ1) is 7.34. The van der Waals surface area contributed by atoms with E-state index >= 15 is 0 Å². The Labute approximate surface area is 101 Å². The molecule has 0 bridgehead atoms. The second kappa shape index (κ2) is 5.06. The van der Waals surface area contributed by atoms with Crippen molar-refractivity contribution in [3.05, 3.63) is 34.7 Å². The average molecular weight is 315 g/mol. The van der Waals surface area contributed by atoms with E-state index in [1.165, 1.54) is 0 Å². The van der Waals surface area contributed by atoms with Crippen LogP contribution in [0.4, 0.5) is 5.95 Å². The van der Waals surface area contributed by atoms with Crippen molar-refractivity contribution >= 4 is 28.5 Å². The van der Waals surface area contributed by atoms with E-state index in [-0.39, 0.29) is 0 Å².